The Hall–Kier alpha value is -3.18. The summed E-state index contributed by atoms with van der Waals surface area (Å²) in [7, 11) is 0. The van der Waals surface area contributed by atoms with Crippen LogP contribution in [0.4, 0.5) is 11.5 Å². The third-order valence-corrected chi connectivity index (χ3v) is 4.14. The molecule has 1 heterocycles. The number of rotatable bonds is 3. The van der Waals surface area contributed by atoms with Crippen LogP contribution in [0.1, 0.15) is 0 Å². The molecule has 0 aliphatic carbocycles. The quantitative estimate of drug-likeness (QED) is 0.371. The van der Waals surface area contributed by atoms with Gasteiger partial charge < -0.3 is 5.32 Å². The molecule has 0 unspecified atom stereocenters. The van der Waals surface area contributed by atoms with E-state index in [1.165, 1.54) is 5.39 Å². The van der Waals surface area contributed by atoms with E-state index in [1.54, 1.807) is 0 Å². The minimum Gasteiger partial charge on any atom is -0.331 e. The van der Waals surface area contributed by atoms with Gasteiger partial charge >= 0.3 is 0 Å². The fraction of sp³-hybridized carbons (Fsp3) is 0. The number of nitrogens with one attached hydrogen (secondary N) is 3. The molecule has 0 radical (unpaired) electrons. The van der Waals surface area contributed by atoms with Gasteiger partial charge in [-0.25, -0.2) is 4.98 Å². The number of hydrogen-bond donors (Lipinski definition) is 3. The SMILES string of the molecule is S=C(NNc1ccc2ccccc2n1)Nc1cccc2ccccc12. The van der Waals surface area contributed by atoms with Gasteiger partial charge in [-0.1, -0.05) is 54.6 Å². The van der Waals surface area contributed by atoms with Gasteiger partial charge in [0, 0.05) is 16.5 Å². The van der Waals surface area contributed by atoms with E-state index in [1.807, 2.05) is 60.7 Å². The lowest BCUT2D eigenvalue weighted by molar-refractivity contribution is 1.11. The van der Waals surface area contributed by atoms with Crippen LogP contribution in [0.25, 0.3) is 21.7 Å². The maximum atomic E-state index is 5.38. The van der Waals surface area contributed by atoms with Gasteiger partial charge in [0.25, 0.3) is 0 Å². The average molecular weight is 344 g/mol. The van der Waals surface area contributed by atoms with Crippen LogP contribution in [0.5, 0.6) is 0 Å². The largest absolute Gasteiger partial charge is 0.331 e. The van der Waals surface area contributed by atoms with Gasteiger partial charge in [-0.3, -0.25) is 10.9 Å². The van der Waals surface area contributed by atoms with Crippen LogP contribution in [0, 0.1) is 0 Å². The molecule has 0 amide bonds. The number of hydrazine groups is 1. The van der Waals surface area contributed by atoms with Crippen molar-refractivity contribution in [1.82, 2.24) is 10.4 Å². The molecule has 0 bridgehead atoms. The van der Waals surface area contributed by atoms with E-state index >= 15 is 0 Å². The van der Waals surface area contributed by atoms with E-state index in [2.05, 4.69) is 39.4 Å². The molecule has 3 N–H and O–H groups in total. The molecule has 1 aromatic heterocycles. The zero-order valence-corrected chi connectivity index (χ0v) is 14.2. The van der Waals surface area contributed by atoms with E-state index in [4.69, 9.17) is 12.2 Å². The first kappa shape index (κ1) is 15.4. The number of thiocarbonyl (C=S) groups is 1. The summed E-state index contributed by atoms with van der Waals surface area (Å²) in [4.78, 5) is 4.54. The van der Waals surface area contributed by atoms with Crippen molar-refractivity contribution < 1.29 is 0 Å². The van der Waals surface area contributed by atoms with Gasteiger partial charge in [0.15, 0.2) is 5.11 Å². The van der Waals surface area contributed by atoms with Crippen LogP contribution in [0.3, 0.4) is 0 Å². The second-order valence-electron chi connectivity index (χ2n) is 5.62. The minimum atomic E-state index is 0.478. The van der Waals surface area contributed by atoms with Crippen molar-refractivity contribution in [2.24, 2.45) is 0 Å². The highest BCUT2D eigenvalue weighted by Crippen LogP contribution is 2.22. The number of para-hydroxylation sites is 1. The number of nitrogens with zero attached hydrogens (tertiary/aromatic N) is 1. The van der Waals surface area contributed by atoms with E-state index in [9.17, 15) is 0 Å². The van der Waals surface area contributed by atoms with Gasteiger partial charge in [-0.2, -0.15) is 0 Å². The van der Waals surface area contributed by atoms with Crippen molar-refractivity contribution in [3.8, 4) is 0 Å². The molecular formula is C20H16N4S. The van der Waals surface area contributed by atoms with Crippen LogP contribution in [-0.2, 0) is 0 Å². The van der Waals surface area contributed by atoms with Crippen molar-refractivity contribution in [3.63, 3.8) is 0 Å². The number of aromatic nitrogens is 1. The smallest absolute Gasteiger partial charge is 0.189 e. The predicted molar refractivity (Wildman–Crippen MR) is 109 cm³/mol. The number of pyridine rings is 1. The fourth-order valence-corrected chi connectivity index (χ4v) is 2.91. The molecule has 25 heavy (non-hydrogen) atoms. The first-order valence-electron chi connectivity index (χ1n) is 7.96. The summed E-state index contributed by atoms with van der Waals surface area (Å²) in [5, 5.41) is 7.09. The lowest BCUT2D eigenvalue weighted by Gasteiger charge is -2.14. The van der Waals surface area contributed by atoms with Crippen molar-refractivity contribution >= 4 is 50.5 Å². The van der Waals surface area contributed by atoms with Gasteiger partial charge in [0.2, 0.25) is 0 Å². The van der Waals surface area contributed by atoms with Gasteiger partial charge in [0.1, 0.15) is 5.82 Å². The van der Waals surface area contributed by atoms with Crippen LogP contribution in [-0.4, -0.2) is 10.1 Å². The van der Waals surface area contributed by atoms with Crippen LogP contribution in [0.2, 0.25) is 0 Å². The summed E-state index contributed by atoms with van der Waals surface area (Å²) in [5.41, 5.74) is 7.92. The summed E-state index contributed by atoms with van der Waals surface area (Å²) in [6.45, 7) is 0. The summed E-state index contributed by atoms with van der Waals surface area (Å²) in [5.74, 6) is 0.709. The van der Waals surface area contributed by atoms with E-state index in [0.29, 0.717) is 10.9 Å². The molecule has 0 aliphatic heterocycles. The van der Waals surface area contributed by atoms with E-state index in [0.717, 1.165) is 22.0 Å². The van der Waals surface area contributed by atoms with Gasteiger partial charge in [-0.05, 0) is 41.9 Å². The standard InChI is InChI=1S/C20H16N4S/c25-20(22-18-11-5-8-14-6-1-3-9-16(14)18)24-23-19-13-12-15-7-2-4-10-17(15)21-19/h1-13H,(H,21,23)(H2,22,24,25). The maximum Gasteiger partial charge on any atom is 0.189 e. The fourth-order valence-electron chi connectivity index (χ4n) is 2.74. The number of anilines is 2. The molecule has 122 valence electrons. The molecule has 4 aromatic rings. The van der Waals surface area contributed by atoms with E-state index < -0.39 is 0 Å². The molecule has 5 heteroatoms. The molecule has 0 atom stereocenters. The molecule has 0 saturated heterocycles. The van der Waals surface area contributed by atoms with Crippen LogP contribution in [0.15, 0.2) is 78.9 Å². The number of benzene rings is 3. The molecular weight excluding hydrogens is 328 g/mol. The Labute approximate surface area is 150 Å². The summed E-state index contributed by atoms with van der Waals surface area (Å²) < 4.78 is 0. The predicted octanol–water partition coefficient (Wildman–Crippen LogP) is 4.70. The molecule has 0 aliphatic rings. The number of hydrogen-bond acceptors (Lipinski definition) is 3. The van der Waals surface area contributed by atoms with Gasteiger partial charge in [0.05, 0.1) is 5.52 Å². The Morgan fingerprint density at radius 1 is 0.760 bits per heavy atom. The van der Waals surface area contributed by atoms with Crippen molar-refractivity contribution in [2.75, 3.05) is 10.7 Å². The Balaban J connectivity index is 1.46. The molecule has 4 rings (SSSR count). The lowest BCUT2D eigenvalue weighted by atomic mass is 10.1. The normalized spacial score (nSPS) is 10.6. The highest BCUT2D eigenvalue weighted by molar-refractivity contribution is 7.80. The van der Waals surface area contributed by atoms with Crippen LogP contribution >= 0.6 is 12.2 Å². The molecule has 3 aromatic carbocycles. The Bertz CT molecular complexity index is 1060. The third kappa shape index (κ3) is 3.36. The molecule has 0 fully saturated rings. The highest BCUT2D eigenvalue weighted by Gasteiger charge is 2.03. The second-order valence-corrected chi connectivity index (χ2v) is 6.03. The van der Waals surface area contributed by atoms with Crippen LogP contribution < -0.4 is 16.2 Å². The topological polar surface area (TPSA) is 49.0 Å². The zero-order chi connectivity index (χ0) is 17.1. The maximum absolute atomic E-state index is 5.38. The summed E-state index contributed by atoms with van der Waals surface area (Å²) in [6.07, 6.45) is 0. The van der Waals surface area contributed by atoms with Crippen molar-refractivity contribution in [1.29, 1.82) is 0 Å². The Morgan fingerprint density at radius 3 is 2.44 bits per heavy atom. The van der Waals surface area contributed by atoms with Crippen molar-refractivity contribution in [2.45, 2.75) is 0 Å². The Kier molecular flexibility index (Phi) is 4.14. The summed E-state index contributed by atoms with van der Waals surface area (Å²) >= 11 is 5.38. The minimum absolute atomic E-state index is 0.478. The Morgan fingerprint density at radius 2 is 1.52 bits per heavy atom. The summed E-state index contributed by atoms with van der Waals surface area (Å²) in [6, 6.07) is 26.2. The average Bonchev–Trinajstić information content (AvgIpc) is 2.66. The number of fused-ring (bicyclic) bond motifs is 2. The zero-order valence-electron chi connectivity index (χ0n) is 13.4. The second kappa shape index (κ2) is 6.75. The highest BCUT2D eigenvalue weighted by atomic mass is 32.1. The first-order chi connectivity index (χ1) is 12.3. The molecule has 4 nitrogen and oxygen atoms in total. The third-order valence-electron chi connectivity index (χ3n) is 3.94. The molecule has 0 saturated carbocycles. The van der Waals surface area contributed by atoms with Gasteiger partial charge in [-0.15, -0.1) is 0 Å². The van der Waals surface area contributed by atoms with Crippen molar-refractivity contribution in [3.05, 3.63) is 78.9 Å². The van der Waals surface area contributed by atoms with E-state index in [-0.39, 0.29) is 0 Å². The monoisotopic (exact) mass is 344 g/mol. The first-order valence-corrected chi connectivity index (χ1v) is 8.37. The molecule has 0 spiro atoms. The lowest BCUT2D eigenvalue weighted by Crippen LogP contribution is -2.33.